The number of carboxylic acid groups (broad SMARTS) is 1. The largest absolute Gasteiger partial charge is 0.478 e. The van der Waals surface area contributed by atoms with Crippen molar-refractivity contribution in [1.29, 1.82) is 0 Å². The smallest absolute Gasteiger partial charge is 0.412 e. The summed E-state index contributed by atoms with van der Waals surface area (Å²) < 4.78 is 9.94. The molecule has 114 valence electrons. The molecule has 1 aromatic rings. The number of rotatable bonds is 3. The van der Waals surface area contributed by atoms with Gasteiger partial charge in [-0.15, -0.1) is 0 Å². The van der Waals surface area contributed by atoms with Crippen LogP contribution in [0.1, 0.15) is 38.1 Å². The molecule has 0 aliphatic heterocycles. The highest BCUT2D eigenvalue weighted by Crippen LogP contribution is 2.29. The van der Waals surface area contributed by atoms with Gasteiger partial charge in [0.15, 0.2) is 5.75 Å². The Morgan fingerprint density at radius 2 is 1.81 bits per heavy atom. The minimum atomic E-state index is -1.28. The van der Waals surface area contributed by atoms with Crippen molar-refractivity contribution in [3.8, 4) is 5.75 Å². The summed E-state index contributed by atoms with van der Waals surface area (Å²) in [6.45, 7) is 6.20. The predicted molar refractivity (Wildman–Crippen MR) is 74.6 cm³/mol. The molecule has 0 aromatic heterocycles. The maximum atomic E-state index is 11.7. The summed E-state index contributed by atoms with van der Waals surface area (Å²) in [6, 6.07) is 4.10. The van der Waals surface area contributed by atoms with Crippen molar-refractivity contribution >= 4 is 23.7 Å². The lowest BCUT2D eigenvalue weighted by Gasteiger charge is -2.20. The Bertz CT molecular complexity index is 573. The number of nitrogens with one attached hydrogen (secondary N) is 1. The zero-order valence-electron chi connectivity index (χ0n) is 12.2. The van der Waals surface area contributed by atoms with Gasteiger partial charge in [0.25, 0.3) is 0 Å². The van der Waals surface area contributed by atoms with Crippen molar-refractivity contribution in [2.75, 3.05) is 5.32 Å². The Morgan fingerprint density at radius 1 is 1.19 bits per heavy atom. The standard InChI is InChI=1S/C14H17NO6/c1-8(16)20-11-9(12(17)18)6-5-7-10(11)15-13(19)21-14(2,3)4/h5-7H,1-4H3,(H,15,19)(H,17,18). The molecule has 1 aromatic carbocycles. The Labute approximate surface area is 121 Å². The fraction of sp³-hybridized carbons (Fsp3) is 0.357. The molecule has 0 aliphatic carbocycles. The van der Waals surface area contributed by atoms with Crippen LogP contribution in [0.2, 0.25) is 0 Å². The van der Waals surface area contributed by atoms with E-state index in [4.69, 9.17) is 14.6 Å². The van der Waals surface area contributed by atoms with Gasteiger partial charge in [0.1, 0.15) is 11.2 Å². The van der Waals surface area contributed by atoms with Gasteiger partial charge in [-0.3, -0.25) is 10.1 Å². The normalized spacial score (nSPS) is 10.7. The lowest BCUT2D eigenvalue weighted by Crippen LogP contribution is -2.27. The number of carbonyl (C=O) groups excluding carboxylic acids is 2. The highest BCUT2D eigenvalue weighted by molar-refractivity contribution is 5.97. The number of carbonyl (C=O) groups is 3. The number of aromatic carboxylic acids is 1. The van der Waals surface area contributed by atoms with E-state index in [2.05, 4.69) is 5.32 Å². The first-order valence-corrected chi connectivity index (χ1v) is 6.15. The van der Waals surface area contributed by atoms with E-state index in [1.54, 1.807) is 20.8 Å². The van der Waals surface area contributed by atoms with Gasteiger partial charge in [0, 0.05) is 6.92 Å². The second kappa shape index (κ2) is 6.25. The molecule has 21 heavy (non-hydrogen) atoms. The Morgan fingerprint density at radius 3 is 2.29 bits per heavy atom. The molecule has 0 spiro atoms. The van der Waals surface area contributed by atoms with Gasteiger partial charge in [-0.25, -0.2) is 9.59 Å². The van der Waals surface area contributed by atoms with E-state index >= 15 is 0 Å². The number of benzene rings is 1. The third-order valence-corrected chi connectivity index (χ3v) is 2.13. The number of para-hydroxylation sites is 1. The van der Waals surface area contributed by atoms with Crippen LogP contribution >= 0.6 is 0 Å². The van der Waals surface area contributed by atoms with E-state index in [0.717, 1.165) is 6.92 Å². The fourth-order valence-electron chi connectivity index (χ4n) is 1.47. The van der Waals surface area contributed by atoms with E-state index in [0.29, 0.717) is 0 Å². The molecule has 0 radical (unpaired) electrons. The van der Waals surface area contributed by atoms with E-state index in [1.165, 1.54) is 18.2 Å². The number of amides is 1. The van der Waals surface area contributed by atoms with Crippen molar-refractivity contribution in [3.63, 3.8) is 0 Å². The topological polar surface area (TPSA) is 102 Å². The summed E-state index contributed by atoms with van der Waals surface area (Å²) in [4.78, 5) is 34.0. The quantitative estimate of drug-likeness (QED) is 0.656. The molecule has 0 fully saturated rings. The predicted octanol–water partition coefficient (Wildman–Crippen LogP) is 2.66. The van der Waals surface area contributed by atoms with Gasteiger partial charge in [-0.1, -0.05) is 6.07 Å². The molecule has 7 nitrogen and oxygen atoms in total. The van der Waals surface area contributed by atoms with Crippen LogP contribution < -0.4 is 10.1 Å². The fourth-order valence-corrected chi connectivity index (χ4v) is 1.47. The van der Waals surface area contributed by atoms with Crippen LogP contribution in [-0.2, 0) is 9.53 Å². The van der Waals surface area contributed by atoms with Gasteiger partial charge >= 0.3 is 18.0 Å². The number of ether oxygens (including phenoxy) is 2. The SMILES string of the molecule is CC(=O)Oc1c(NC(=O)OC(C)(C)C)cccc1C(=O)O. The van der Waals surface area contributed by atoms with Crippen LogP contribution in [-0.4, -0.2) is 28.7 Å². The number of hydrogen-bond donors (Lipinski definition) is 2. The molecule has 0 heterocycles. The maximum Gasteiger partial charge on any atom is 0.412 e. The lowest BCUT2D eigenvalue weighted by atomic mass is 10.1. The van der Waals surface area contributed by atoms with Crippen LogP contribution in [0, 0.1) is 0 Å². The molecule has 7 heteroatoms. The molecular weight excluding hydrogens is 278 g/mol. The van der Waals surface area contributed by atoms with E-state index in [1.807, 2.05) is 0 Å². The zero-order valence-corrected chi connectivity index (χ0v) is 12.2. The van der Waals surface area contributed by atoms with Crippen LogP contribution in [0.5, 0.6) is 5.75 Å². The summed E-state index contributed by atoms with van der Waals surface area (Å²) in [5.41, 5.74) is -0.908. The molecule has 0 aliphatic rings. The van der Waals surface area contributed by atoms with E-state index < -0.39 is 23.6 Å². The van der Waals surface area contributed by atoms with Crippen molar-refractivity contribution in [3.05, 3.63) is 23.8 Å². The first kappa shape index (κ1) is 16.5. The first-order valence-electron chi connectivity index (χ1n) is 6.15. The molecule has 0 atom stereocenters. The van der Waals surface area contributed by atoms with Gasteiger partial charge in [0.05, 0.1) is 5.69 Å². The van der Waals surface area contributed by atoms with E-state index in [-0.39, 0.29) is 17.0 Å². The lowest BCUT2D eigenvalue weighted by molar-refractivity contribution is -0.131. The van der Waals surface area contributed by atoms with Gasteiger partial charge < -0.3 is 14.6 Å². The van der Waals surface area contributed by atoms with Crippen molar-refractivity contribution in [1.82, 2.24) is 0 Å². The third kappa shape index (κ3) is 5.13. The third-order valence-electron chi connectivity index (χ3n) is 2.13. The summed E-state index contributed by atoms with van der Waals surface area (Å²) >= 11 is 0. The number of hydrogen-bond acceptors (Lipinski definition) is 5. The second-order valence-corrected chi connectivity index (χ2v) is 5.21. The average molecular weight is 295 g/mol. The van der Waals surface area contributed by atoms with Crippen LogP contribution in [0.4, 0.5) is 10.5 Å². The zero-order chi connectivity index (χ0) is 16.2. The van der Waals surface area contributed by atoms with Crippen LogP contribution in [0.25, 0.3) is 0 Å². The van der Waals surface area contributed by atoms with Gasteiger partial charge in [-0.05, 0) is 32.9 Å². The summed E-state index contributed by atoms with van der Waals surface area (Å²) in [7, 11) is 0. The molecule has 0 bridgehead atoms. The molecular formula is C14H17NO6. The maximum absolute atomic E-state index is 11.7. The molecule has 1 amide bonds. The molecule has 0 saturated carbocycles. The molecule has 2 N–H and O–H groups in total. The minimum Gasteiger partial charge on any atom is -0.478 e. The average Bonchev–Trinajstić information content (AvgIpc) is 2.27. The summed E-state index contributed by atoms with van der Waals surface area (Å²) in [6.07, 6.45) is -0.779. The molecule has 0 saturated heterocycles. The Kier molecular flexibility index (Phi) is 4.91. The van der Waals surface area contributed by atoms with Crippen LogP contribution in [0.15, 0.2) is 18.2 Å². The number of carboxylic acids is 1. The molecule has 1 rings (SSSR count). The number of anilines is 1. The van der Waals surface area contributed by atoms with Gasteiger partial charge in [0.2, 0.25) is 0 Å². The van der Waals surface area contributed by atoms with Crippen molar-refractivity contribution in [2.45, 2.75) is 33.3 Å². The van der Waals surface area contributed by atoms with Gasteiger partial charge in [-0.2, -0.15) is 0 Å². The molecule has 0 unspecified atom stereocenters. The Balaban J connectivity index is 3.11. The summed E-state index contributed by atoms with van der Waals surface area (Å²) in [5.74, 6) is -2.21. The highest BCUT2D eigenvalue weighted by atomic mass is 16.6. The van der Waals surface area contributed by atoms with Crippen molar-refractivity contribution in [2.24, 2.45) is 0 Å². The number of esters is 1. The Hall–Kier alpha value is -2.57. The van der Waals surface area contributed by atoms with Crippen LogP contribution in [0.3, 0.4) is 0 Å². The van der Waals surface area contributed by atoms with E-state index in [9.17, 15) is 14.4 Å². The monoisotopic (exact) mass is 295 g/mol. The highest BCUT2D eigenvalue weighted by Gasteiger charge is 2.21. The minimum absolute atomic E-state index is 0.0411. The van der Waals surface area contributed by atoms with Crippen molar-refractivity contribution < 1.29 is 29.0 Å². The first-order chi connectivity index (χ1) is 9.60. The second-order valence-electron chi connectivity index (χ2n) is 5.21. The summed E-state index contributed by atoms with van der Waals surface area (Å²) in [5, 5.41) is 11.5.